The summed E-state index contributed by atoms with van der Waals surface area (Å²) in [5, 5.41) is 3.11. The van der Waals surface area contributed by atoms with E-state index in [1.165, 1.54) is 0 Å². The molecule has 120 valence electrons. The summed E-state index contributed by atoms with van der Waals surface area (Å²) in [6.07, 6.45) is 2.19. The standard InChI is InChI=1S/C17H25N3O2/c1-3-19(4-2)16(21)13-18-15-9-7-14(8-10-15)17(22)20-11-5-6-12-20/h7-10,18H,3-6,11-13H2,1-2H3. The molecule has 1 saturated heterocycles. The molecule has 0 unspecified atom stereocenters. The Morgan fingerprint density at radius 3 is 2.23 bits per heavy atom. The molecule has 0 aliphatic carbocycles. The number of rotatable bonds is 6. The first-order chi connectivity index (χ1) is 10.7. The predicted molar refractivity (Wildman–Crippen MR) is 88.0 cm³/mol. The van der Waals surface area contributed by atoms with Crippen molar-refractivity contribution in [3.63, 3.8) is 0 Å². The number of hydrogen-bond acceptors (Lipinski definition) is 3. The van der Waals surface area contributed by atoms with E-state index in [0.29, 0.717) is 5.56 Å². The summed E-state index contributed by atoms with van der Waals surface area (Å²) in [6, 6.07) is 7.37. The van der Waals surface area contributed by atoms with Crippen LogP contribution in [0.1, 0.15) is 37.0 Å². The van der Waals surface area contributed by atoms with Crippen LogP contribution in [-0.2, 0) is 4.79 Å². The third-order valence-electron chi connectivity index (χ3n) is 4.09. The summed E-state index contributed by atoms with van der Waals surface area (Å²) < 4.78 is 0. The van der Waals surface area contributed by atoms with E-state index in [0.717, 1.165) is 44.7 Å². The van der Waals surface area contributed by atoms with Crippen LogP contribution in [0.5, 0.6) is 0 Å². The van der Waals surface area contributed by atoms with Crippen molar-refractivity contribution in [2.24, 2.45) is 0 Å². The second-order valence-electron chi connectivity index (χ2n) is 5.50. The van der Waals surface area contributed by atoms with Gasteiger partial charge in [0.1, 0.15) is 0 Å². The van der Waals surface area contributed by atoms with Crippen molar-refractivity contribution in [1.82, 2.24) is 9.80 Å². The molecule has 5 heteroatoms. The van der Waals surface area contributed by atoms with Gasteiger partial charge in [-0.25, -0.2) is 0 Å². The van der Waals surface area contributed by atoms with Gasteiger partial charge in [0.25, 0.3) is 5.91 Å². The van der Waals surface area contributed by atoms with E-state index < -0.39 is 0 Å². The van der Waals surface area contributed by atoms with Crippen molar-refractivity contribution in [3.05, 3.63) is 29.8 Å². The van der Waals surface area contributed by atoms with Crippen LogP contribution in [0.15, 0.2) is 24.3 Å². The minimum atomic E-state index is 0.0854. The number of benzene rings is 1. The maximum Gasteiger partial charge on any atom is 0.253 e. The molecule has 0 bridgehead atoms. The van der Waals surface area contributed by atoms with Gasteiger partial charge in [-0.15, -0.1) is 0 Å². The lowest BCUT2D eigenvalue weighted by Crippen LogP contribution is -2.35. The second kappa shape index (κ2) is 7.82. The average molecular weight is 303 g/mol. The van der Waals surface area contributed by atoms with Gasteiger partial charge in [-0.1, -0.05) is 0 Å². The fourth-order valence-electron chi connectivity index (χ4n) is 2.70. The summed E-state index contributed by atoms with van der Waals surface area (Å²) in [7, 11) is 0. The number of hydrogen-bond donors (Lipinski definition) is 1. The molecule has 0 radical (unpaired) electrons. The highest BCUT2D eigenvalue weighted by Crippen LogP contribution is 2.15. The Balaban J connectivity index is 1.89. The van der Waals surface area contributed by atoms with E-state index in [4.69, 9.17) is 0 Å². The molecule has 5 nitrogen and oxygen atoms in total. The molecule has 1 aromatic rings. The number of amides is 2. The lowest BCUT2D eigenvalue weighted by atomic mass is 10.2. The molecule has 22 heavy (non-hydrogen) atoms. The van der Waals surface area contributed by atoms with Gasteiger partial charge in [-0.05, 0) is 51.0 Å². The van der Waals surface area contributed by atoms with Crippen molar-refractivity contribution in [2.45, 2.75) is 26.7 Å². The fraction of sp³-hybridized carbons (Fsp3) is 0.529. The molecule has 1 N–H and O–H groups in total. The Kier molecular flexibility index (Phi) is 5.81. The minimum absolute atomic E-state index is 0.0854. The number of carbonyl (C=O) groups is 2. The molecular weight excluding hydrogens is 278 g/mol. The van der Waals surface area contributed by atoms with Crippen LogP contribution >= 0.6 is 0 Å². The third kappa shape index (κ3) is 4.00. The molecule has 1 aliphatic rings. The monoisotopic (exact) mass is 303 g/mol. The van der Waals surface area contributed by atoms with Gasteiger partial charge in [-0.3, -0.25) is 9.59 Å². The molecule has 2 rings (SSSR count). The lowest BCUT2D eigenvalue weighted by molar-refractivity contribution is -0.128. The van der Waals surface area contributed by atoms with E-state index in [-0.39, 0.29) is 18.4 Å². The topological polar surface area (TPSA) is 52.7 Å². The smallest absolute Gasteiger partial charge is 0.253 e. The maximum atomic E-state index is 12.2. The summed E-state index contributed by atoms with van der Waals surface area (Å²) in [4.78, 5) is 27.9. The van der Waals surface area contributed by atoms with Crippen molar-refractivity contribution >= 4 is 17.5 Å². The first kappa shape index (κ1) is 16.3. The Hall–Kier alpha value is -2.04. The van der Waals surface area contributed by atoms with Crippen LogP contribution in [-0.4, -0.2) is 54.3 Å². The van der Waals surface area contributed by atoms with Gasteiger partial charge < -0.3 is 15.1 Å². The highest BCUT2D eigenvalue weighted by molar-refractivity contribution is 5.94. The number of likely N-dealkylation sites (tertiary alicyclic amines) is 1. The zero-order chi connectivity index (χ0) is 15.9. The minimum Gasteiger partial charge on any atom is -0.376 e. The molecule has 1 fully saturated rings. The van der Waals surface area contributed by atoms with Crippen LogP contribution in [0.25, 0.3) is 0 Å². The average Bonchev–Trinajstić information content (AvgIpc) is 3.08. The Morgan fingerprint density at radius 1 is 1.09 bits per heavy atom. The van der Waals surface area contributed by atoms with Crippen LogP contribution in [0.3, 0.4) is 0 Å². The third-order valence-corrected chi connectivity index (χ3v) is 4.09. The van der Waals surface area contributed by atoms with Crippen molar-refractivity contribution in [2.75, 3.05) is 38.0 Å². The molecule has 1 heterocycles. The second-order valence-corrected chi connectivity index (χ2v) is 5.50. The van der Waals surface area contributed by atoms with Gasteiger partial charge in [0.15, 0.2) is 0 Å². The fourth-order valence-corrected chi connectivity index (χ4v) is 2.70. The molecule has 0 spiro atoms. The molecule has 0 saturated carbocycles. The van der Waals surface area contributed by atoms with Gasteiger partial charge in [0.05, 0.1) is 6.54 Å². The molecular formula is C17H25N3O2. The molecule has 1 aliphatic heterocycles. The Labute approximate surface area is 132 Å². The first-order valence-electron chi connectivity index (χ1n) is 8.06. The number of nitrogens with one attached hydrogen (secondary N) is 1. The largest absolute Gasteiger partial charge is 0.376 e. The van der Waals surface area contributed by atoms with Gasteiger partial charge >= 0.3 is 0 Å². The van der Waals surface area contributed by atoms with E-state index in [2.05, 4.69) is 5.32 Å². The van der Waals surface area contributed by atoms with Gasteiger partial charge in [0.2, 0.25) is 5.91 Å². The first-order valence-corrected chi connectivity index (χ1v) is 8.06. The zero-order valence-corrected chi connectivity index (χ0v) is 13.5. The Bertz CT molecular complexity index is 503. The van der Waals surface area contributed by atoms with Crippen LogP contribution < -0.4 is 5.32 Å². The van der Waals surface area contributed by atoms with Gasteiger partial charge in [-0.2, -0.15) is 0 Å². The number of anilines is 1. The van der Waals surface area contributed by atoms with E-state index in [9.17, 15) is 9.59 Å². The number of nitrogens with zero attached hydrogens (tertiary/aromatic N) is 2. The lowest BCUT2D eigenvalue weighted by Gasteiger charge is -2.19. The van der Waals surface area contributed by atoms with Crippen LogP contribution in [0.4, 0.5) is 5.69 Å². The van der Waals surface area contributed by atoms with Crippen molar-refractivity contribution < 1.29 is 9.59 Å². The van der Waals surface area contributed by atoms with Gasteiger partial charge in [0, 0.05) is 37.4 Å². The molecule has 1 aromatic carbocycles. The molecule has 0 atom stereocenters. The zero-order valence-electron chi connectivity index (χ0n) is 13.5. The van der Waals surface area contributed by atoms with E-state index >= 15 is 0 Å². The summed E-state index contributed by atoms with van der Waals surface area (Å²) in [5.74, 6) is 0.186. The predicted octanol–water partition coefficient (Wildman–Crippen LogP) is 2.20. The van der Waals surface area contributed by atoms with Crippen LogP contribution in [0.2, 0.25) is 0 Å². The molecule has 0 aromatic heterocycles. The SMILES string of the molecule is CCN(CC)C(=O)CNc1ccc(C(=O)N2CCCC2)cc1. The molecule has 2 amide bonds. The highest BCUT2D eigenvalue weighted by atomic mass is 16.2. The van der Waals surface area contributed by atoms with E-state index in [1.54, 1.807) is 4.90 Å². The van der Waals surface area contributed by atoms with Crippen LogP contribution in [0, 0.1) is 0 Å². The Morgan fingerprint density at radius 2 is 1.68 bits per heavy atom. The summed E-state index contributed by atoms with van der Waals surface area (Å²) in [5.41, 5.74) is 1.57. The normalized spacial score (nSPS) is 14.0. The highest BCUT2D eigenvalue weighted by Gasteiger charge is 2.19. The quantitative estimate of drug-likeness (QED) is 0.876. The van der Waals surface area contributed by atoms with E-state index in [1.807, 2.05) is 43.0 Å². The maximum absolute atomic E-state index is 12.2. The summed E-state index contributed by atoms with van der Waals surface area (Å²) >= 11 is 0. The number of likely N-dealkylation sites (N-methyl/N-ethyl adjacent to an activating group) is 1. The number of carbonyl (C=O) groups excluding carboxylic acids is 2. The van der Waals surface area contributed by atoms with Crippen molar-refractivity contribution in [1.29, 1.82) is 0 Å². The van der Waals surface area contributed by atoms with Crippen molar-refractivity contribution in [3.8, 4) is 0 Å². The summed E-state index contributed by atoms with van der Waals surface area (Å²) in [6.45, 7) is 7.39.